The van der Waals surface area contributed by atoms with Gasteiger partial charge in [-0.15, -0.1) is 10.2 Å². The summed E-state index contributed by atoms with van der Waals surface area (Å²) in [5.74, 6) is -0.0567. The van der Waals surface area contributed by atoms with Crippen molar-refractivity contribution in [3.8, 4) is 0 Å². The van der Waals surface area contributed by atoms with Gasteiger partial charge in [-0.3, -0.25) is 15.0 Å². The molecule has 0 aliphatic carbocycles. The SMILES string of the molecule is CCc1nnc(NC(=O)C(C)N(C)C)s1. The van der Waals surface area contributed by atoms with E-state index in [1.807, 2.05) is 32.8 Å². The second-order valence-electron chi connectivity index (χ2n) is 3.48. The van der Waals surface area contributed by atoms with Gasteiger partial charge >= 0.3 is 0 Å². The topological polar surface area (TPSA) is 58.1 Å². The van der Waals surface area contributed by atoms with E-state index in [2.05, 4.69) is 15.5 Å². The molecule has 1 atom stereocenters. The van der Waals surface area contributed by atoms with Gasteiger partial charge in [0, 0.05) is 0 Å². The van der Waals surface area contributed by atoms with Gasteiger partial charge in [0.05, 0.1) is 6.04 Å². The Hall–Kier alpha value is -1.01. The molecule has 0 aromatic carbocycles. The fourth-order valence-corrected chi connectivity index (χ4v) is 1.57. The van der Waals surface area contributed by atoms with Crippen LogP contribution in [0.15, 0.2) is 0 Å². The maximum Gasteiger partial charge on any atom is 0.243 e. The minimum Gasteiger partial charge on any atom is -0.299 e. The Morgan fingerprint density at radius 1 is 1.53 bits per heavy atom. The molecular formula is C9H16N4OS. The van der Waals surface area contributed by atoms with E-state index < -0.39 is 0 Å². The second kappa shape index (κ2) is 5.18. The van der Waals surface area contributed by atoms with E-state index >= 15 is 0 Å². The van der Waals surface area contributed by atoms with Crippen molar-refractivity contribution in [1.82, 2.24) is 15.1 Å². The zero-order valence-corrected chi connectivity index (χ0v) is 10.3. The summed E-state index contributed by atoms with van der Waals surface area (Å²) >= 11 is 1.42. The van der Waals surface area contributed by atoms with Crippen LogP contribution in [0.3, 0.4) is 0 Å². The summed E-state index contributed by atoms with van der Waals surface area (Å²) < 4.78 is 0. The molecule has 6 heteroatoms. The first-order valence-electron chi connectivity index (χ1n) is 4.84. The third kappa shape index (κ3) is 3.24. The largest absolute Gasteiger partial charge is 0.299 e. The number of amides is 1. The summed E-state index contributed by atoms with van der Waals surface area (Å²) in [5.41, 5.74) is 0. The summed E-state index contributed by atoms with van der Waals surface area (Å²) in [6.45, 7) is 3.85. The zero-order valence-electron chi connectivity index (χ0n) is 9.44. The van der Waals surface area contributed by atoms with Crippen LogP contribution < -0.4 is 5.32 Å². The Labute approximate surface area is 93.5 Å². The average Bonchev–Trinajstić information content (AvgIpc) is 2.64. The standard InChI is InChI=1S/C9H16N4OS/c1-5-7-11-12-9(15-7)10-8(14)6(2)13(3)4/h6H,5H2,1-4H3,(H,10,12,14). The lowest BCUT2D eigenvalue weighted by atomic mass is 10.3. The van der Waals surface area contributed by atoms with Crippen molar-refractivity contribution >= 4 is 22.4 Å². The molecule has 0 bridgehead atoms. The number of aromatic nitrogens is 2. The quantitative estimate of drug-likeness (QED) is 0.835. The Morgan fingerprint density at radius 2 is 2.20 bits per heavy atom. The summed E-state index contributed by atoms with van der Waals surface area (Å²) in [5, 5.41) is 12.1. The number of aryl methyl sites for hydroxylation is 1. The van der Waals surface area contributed by atoms with Crippen LogP contribution in [-0.2, 0) is 11.2 Å². The van der Waals surface area contributed by atoms with Gasteiger partial charge in [-0.05, 0) is 27.4 Å². The van der Waals surface area contributed by atoms with Gasteiger partial charge in [0.2, 0.25) is 11.0 Å². The molecule has 0 spiro atoms. The Bertz CT molecular complexity index is 337. The first-order chi connectivity index (χ1) is 7.04. The fourth-order valence-electron chi connectivity index (χ4n) is 0.891. The Kier molecular flexibility index (Phi) is 4.16. The van der Waals surface area contributed by atoms with Gasteiger partial charge in [0.25, 0.3) is 0 Å². The number of carbonyl (C=O) groups is 1. The number of hydrogen-bond acceptors (Lipinski definition) is 5. The second-order valence-corrected chi connectivity index (χ2v) is 4.55. The summed E-state index contributed by atoms with van der Waals surface area (Å²) in [6.07, 6.45) is 0.844. The van der Waals surface area contributed by atoms with E-state index in [4.69, 9.17) is 0 Å². The predicted octanol–water partition coefficient (Wildman–Crippen LogP) is 0.989. The van der Waals surface area contributed by atoms with Crippen molar-refractivity contribution in [3.05, 3.63) is 5.01 Å². The summed E-state index contributed by atoms with van der Waals surface area (Å²) in [6, 6.07) is -0.168. The monoisotopic (exact) mass is 228 g/mol. The molecule has 84 valence electrons. The molecule has 1 aromatic heterocycles. The van der Waals surface area contributed by atoms with E-state index in [0.29, 0.717) is 5.13 Å². The van der Waals surface area contributed by atoms with Crippen molar-refractivity contribution in [3.63, 3.8) is 0 Å². The van der Waals surface area contributed by atoms with Gasteiger partial charge in [0.1, 0.15) is 5.01 Å². The van der Waals surface area contributed by atoms with E-state index in [9.17, 15) is 4.79 Å². The van der Waals surface area contributed by atoms with Crippen molar-refractivity contribution in [2.75, 3.05) is 19.4 Å². The van der Waals surface area contributed by atoms with Crippen molar-refractivity contribution in [1.29, 1.82) is 0 Å². The van der Waals surface area contributed by atoms with Crippen LogP contribution in [0.2, 0.25) is 0 Å². The predicted molar refractivity (Wildman–Crippen MR) is 61.1 cm³/mol. The number of carbonyl (C=O) groups excluding carboxylic acids is 1. The van der Waals surface area contributed by atoms with Gasteiger partial charge < -0.3 is 0 Å². The van der Waals surface area contributed by atoms with Crippen LogP contribution in [0.4, 0.5) is 5.13 Å². The normalized spacial score (nSPS) is 12.9. The number of nitrogens with zero attached hydrogens (tertiary/aromatic N) is 3. The van der Waals surface area contributed by atoms with E-state index in [0.717, 1.165) is 11.4 Å². The molecule has 15 heavy (non-hydrogen) atoms. The number of rotatable bonds is 4. The molecule has 0 radical (unpaired) electrons. The third-order valence-corrected chi connectivity index (χ3v) is 3.14. The van der Waals surface area contributed by atoms with Crippen LogP contribution in [0, 0.1) is 0 Å². The maximum absolute atomic E-state index is 11.6. The van der Waals surface area contributed by atoms with Gasteiger partial charge in [-0.1, -0.05) is 18.3 Å². The molecule has 0 aliphatic heterocycles. The number of anilines is 1. The summed E-state index contributed by atoms with van der Waals surface area (Å²) in [4.78, 5) is 13.5. The Morgan fingerprint density at radius 3 is 2.67 bits per heavy atom. The summed E-state index contributed by atoms with van der Waals surface area (Å²) in [7, 11) is 3.73. The van der Waals surface area contributed by atoms with E-state index in [1.165, 1.54) is 11.3 Å². The highest BCUT2D eigenvalue weighted by molar-refractivity contribution is 7.15. The number of nitrogens with one attached hydrogen (secondary N) is 1. The van der Waals surface area contributed by atoms with E-state index in [1.54, 1.807) is 0 Å². The van der Waals surface area contributed by atoms with Gasteiger partial charge in [-0.25, -0.2) is 0 Å². The van der Waals surface area contributed by atoms with Gasteiger partial charge in [-0.2, -0.15) is 0 Å². The van der Waals surface area contributed by atoms with E-state index in [-0.39, 0.29) is 11.9 Å². The van der Waals surface area contributed by atoms with Crippen LogP contribution in [0.5, 0.6) is 0 Å². The molecular weight excluding hydrogens is 212 g/mol. The average molecular weight is 228 g/mol. The highest BCUT2D eigenvalue weighted by Crippen LogP contribution is 2.15. The number of hydrogen-bond donors (Lipinski definition) is 1. The molecule has 0 fully saturated rings. The molecule has 5 nitrogen and oxygen atoms in total. The first-order valence-corrected chi connectivity index (χ1v) is 5.66. The number of likely N-dealkylation sites (N-methyl/N-ethyl adjacent to an activating group) is 1. The van der Waals surface area contributed by atoms with Crippen LogP contribution in [0.25, 0.3) is 0 Å². The van der Waals surface area contributed by atoms with Crippen molar-refractivity contribution < 1.29 is 4.79 Å². The van der Waals surface area contributed by atoms with Crippen LogP contribution in [-0.4, -0.2) is 41.1 Å². The third-order valence-electron chi connectivity index (χ3n) is 2.15. The van der Waals surface area contributed by atoms with Crippen LogP contribution in [0.1, 0.15) is 18.9 Å². The molecule has 0 saturated carbocycles. The molecule has 1 heterocycles. The van der Waals surface area contributed by atoms with Gasteiger partial charge in [0.15, 0.2) is 0 Å². The molecule has 1 unspecified atom stereocenters. The Balaban J connectivity index is 2.58. The minimum atomic E-state index is -0.168. The molecule has 1 rings (SSSR count). The maximum atomic E-state index is 11.6. The highest BCUT2D eigenvalue weighted by atomic mass is 32.1. The van der Waals surface area contributed by atoms with Crippen molar-refractivity contribution in [2.45, 2.75) is 26.3 Å². The molecule has 0 saturated heterocycles. The highest BCUT2D eigenvalue weighted by Gasteiger charge is 2.16. The fraction of sp³-hybridized carbons (Fsp3) is 0.667. The van der Waals surface area contributed by atoms with Crippen LogP contribution >= 0.6 is 11.3 Å². The lowest BCUT2D eigenvalue weighted by Gasteiger charge is -2.17. The minimum absolute atomic E-state index is 0.0567. The molecule has 1 amide bonds. The molecule has 1 aromatic rings. The molecule has 1 N–H and O–H groups in total. The smallest absolute Gasteiger partial charge is 0.243 e. The van der Waals surface area contributed by atoms with Crippen molar-refractivity contribution in [2.24, 2.45) is 0 Å². The lowest BCUT2D eigenvalue weighted by molar-refractivity contribution is -0.119. The lowest BCUT2D eigenvalue weighted by Crippen LogP contribution is -2.37. The zero-order chi connectivity index (χ0) is 11.4. The molecule has 0 aliphatic rings. The first kappa shape index (κ1) is 12.1.